The molecule has 4 aromatic rings. The Bertz CT molecular complexity index is 1420. The second-order valence-electron chi connectivity index (χ2n) is 7.25. The van der Waals surface area contributed by atoms with Gasteiger partial charge in [0.15, 0.2) is 15.7 Å². The van der Waals surface area contributed by atoms with E-state index in [0.717, 1.165) is 17.8 Å². The molecule has 0 atom stereocenters. The van der Waals surface area contributed by atoms with Crippen molar-refractivity contribution in [3.05, 3.63) is 66.1 Å². The number of ether oxygens (including phenoxy) is 1. The molecule has 4 rings (SSSR count). The fourth-order valence-electron chi connectivity index (χ4n) is 3.26. The van der Waals surface area contributed by atoms with Crippen molar-refractivity contribution in [2.45, 2.75) is 24.6 Å². The number of pyridine rings is 2. The minimum absolute atomic E-state index is 0.0242. The largest absolute Gasteiger partial charge is 0.487 e. The number of rotatable bonds is 6. The fraction of sp³-hybridized carbons (Fsp3) is 0.227. The number of nitrogens with zero attached hydrogens (tertiary/aromatic N) is 4. The van der Waals surface area contributed by atoms with Crippen LogP contribution in [0.3, 0.4) is 0 Å². The Morgan fingerprint density at radius 1 is 1.06 bits per heavy atom. The molecule has 0 aliphatic carbocycles. The summed E-state index contributed by atoms with van der Waals surface area (Å²) < 4.78 is 72.0. The Balaban J connectivity index is 1.79. The van der Waals surface area contributed by atoms with Crippen LogP contribution in [-0.2, 0) is 29.7 Å². The average Bonchev–Trinajstić information content (AvgIpc) is 3.13. The van der Waals surface area contributed by atoms with Crippen molar-refractivity contribution in [3.63, 3.8) is 0 Å². The molecule has 0 amide bonds. The van der Waals surface area contributed by atoms with E-state index in [1.165, 1.54) is 23.8 Å². The van der Waals surface area contributed by atoms with Crippen LogP contribution in [0.15, 0.2) is 59.8 Å². The fourth-order valence-corrected chi connectivity index (χ4v) is 4.31. The Morgan fingerprint density at radius 3 is 2.45 bits per heavy atom. The summed E-state index contributed by atoms with van der Waals surface area (Å²) in [7, 11) is -2.20. The highest BCUT2D eigenvalue weighted by atomic mass is 32.2. The van der Waals surface area contributed by atoms with E-state index in [2.05, 4.69) is 15.0 Å². The third-order valence-corrected chi connectivity index (χ3v) is 6.80. The first-order valence-corrected chi connectivity index (χ1v) is 11.5. The summed E-state index contributed by atoms with van der Waals surface area (Å²) in [6, 6.07) is 11.5. The quantitative estimate of drug-likeness (QED) is 0.409. The van der Waals surface area contributed by atoms with Crippen LogP contribution in [0, 0.1) is 0 Å². The molecule has 0 N–H and O–H groups in total. The maximum Gasteiger partial charge on any atom is 0.433 e. The van der Waals surface area contributed by atoms with E-state index in [1.807, 2.05) is 30.3 Å². The number of imidazole rings is 1. The van der Waals surface area contributed by atoms with Crippen LogP contribution < -0.4 is 4.74 Å². The summed E-state index contributed by atoms with van der Waals surface area (Å²) in [5, 5.41) is 0. The topological polar surface area (TPSA) is 87.0 Å². The van der Waals surface area contributed by atoms with Gasteiger partial charge in [-0.1, -0.05) is 37.3 Å². The van der Waals surface area contributed by atoms with Crippen molar-refractivity contribution in [3.8, 4) is 17.3 Å². The summed E-state index contributed by atoms with van der Waals surface area (Å²) >= 11 is 0. The van der Waals surface area contributed by atoms with Gasteiger partial charge in [-0.15, -0.1) is 0 Å². The molecule has 0 bridgehead atoms. The molecule has 0 fully saturated rings. The van der Waals surface area contributed by atoms with Gasteiger partial charge in [0, 0.05) is 13.1 Å². The lowest BCUT2D eigenvalue weighted by atomic mass is 10.2. The number of hydrogen-bond donors (Lipinski definition) is 0. The third kappa shape index (κ3) is 4.54. The number of aryl methyl sites for hydroxylation is 1. The van der Waals surface area contributed by atoms with Crippen LogP contribution in [0.4, 0.5) is 13.2 Å². The van der Waals surface area contributed by atoms with E-state index in [9.17, 15) is 21.6 Å². The van der Waals surface area contributed by atoms with E-state index < -0.39 is 21.7 Å². The first-order valence-electron chi connectivity index (χ1n) is 9.89. The maximum absolute atomic E-state index is 13.0. The second kappa shape index (κ2) is 8.47. The van der Waals surface area contributed by atoms with E-state index in [1.54, 1.807) is 7.05 Å². The zero-order chi connectivity index (χ0) is 23.8. The minimum Gasteiger partial charge on any atom is -0.487 e. The van der Waals surface area contributed by atoms with Gasteiger partial charge < -0.3 is 9.30 Å². The van der Waals surface area contributed by atoms with Crippen molar-refractivity contribution in [1.29, 1.82) is 0 Å². The lowest BCUT2D eigenvalue weighted by molar-refractivity contribution is -0.141. The molecule has 7 nitrogen and oxygen atoms in total. The molecule has 0 saturated heterocycles. The highest BCUT2D eigenvalue weighted by Crippen LogP contribution is 2.33. The molecule has 1 aromatic carbocycles. The summed E-state index contributed by atoms with van der Waals surface area (Å²) in [4.78, 5) is 11.9. The Morgan fingerprint density at radius 2 is 1.79 bits per heavy atom. The molecule has 3 heterocycles. The van der Waals surface area contributed by atoms with E-state index in [0.29, 0.717) is 5.52 Å². The zero-order valence-corrected chi connectivity index (χ0v) is 18.5. The Kier molecular flexibility index (Phi) is 5.83. The smallest absolute Gasteiger partial charge is 0.433 e. The first-order chi connectivity index (χ1) is 15.6. The third-order valence-electron chi connectivity index (χ3n) is 5.06. The highest BCUT2D eigenvalue weighted by molar-refractivity contribution is 7.91. The van der Waals surface area contributed by atoms with Gasteiger partial charge in [-0.25, -0.2) is 23.4 Å². The molecule has 11 heteroatoms. The second-order valence-corrected chi connectivity index (χ2v) is 9.49. The molecule has 0 spiro atoms. The molecule has 0 aliphatic heterocycles. The zero-order valence-electron chi connectivity index (χ0n) is 17.7. The van der Waals surface area contributed by atoms with Crippen LogP contribution >= 0.6 is 0 Å². The van der Waals surface area contributed by atoms with Crippen molar-refractivity contribution in [1.82, 2.24) is 19.5 Å². The number of alkyl halides is 3. The molecular weight excluding hydrogens is 457 g/mol. The standard InChI is InChI=1S/C22H19F3N4O3S/c1-3-33(30,31)18-9-15(32-13-14-7-5-4-6-8-14)11-27-20(18)21-28-16-10-19(22(23,24)25)26-12-17(16)29(21)2/h4-12H,3,13H2,1-2H3. The van der Waals surface area contributed by atoms with Crippen LogP contribution in [0.2, 0.25) is 0 Å². The van der Waals surface area contributed by atoms with Gasteiger partial charge in [0.1, 0.15) is 28.6 Å². The monoisotopic (exact) mass is 476 g/mol. The van der Waals surface area contributed by atoms with Gasteiger partial charge >= 0.3 is 6.18 Å². The van der Waals surface area contributed by atoms with Crippen molar-refractivity contribution < 1.29 is 26.3 Å². The predicted molar refractivity (Wildman–Crippen MR) is 115 cm³/mol. The number of fused-ring (bicyclic) bond motifs is 1. The molecule has 172 valence electrons. The van der Waals surface area contributed by atoms with Gasteiger partial charge in [0.2, 0.25) is 0 Å². The summed E-state index contributed by atoms with van der Waals surface area (Å²) in [6.45, 7) is 1.71. The molecule has 3 aromatic heterocycles. The van der Waals surface area contributed by atoms with Gasteiger partial charge in [0.05, 0.1) is 29.2 Å². The van der Waals surface area contributed by atoms with Crippen molar-refractivity contribution in [2.75, 3.05) is 5.75 Å². The van der Waals surface area contributed by atoms with Gasteiger partial charge in [-0.05, 0) is 11.6 Å². The summed E-state index contributed by atoms with van der Waals surface area (Å²) in [5.74, 6) is 0.148. The number of aromatic nitrogens is 4. The Labute approximate surface area is 187 Å². The molecule has 0 unspecified atom stereocenters. The molecule has 33 heavy (non-hydrogen) atoms. The van der Waals surface area contributed by atoms with E-state index in [-0.39, 0.29) is 40.0 Å². The molecule has 0 aliphatic rings. The van der Waals surface area contributed by atoms with Crippen LogP contribution in [-0.4, -0.2) is 33.7 Å². The van der Waals surface area contributed by atoms with Crippen molar-refractivity contribution >= 4 is 20.9 Å². The predicted octanol–water partition coefficient (Wildman–Crippen LogP) is 4.42. The first kappa shape index (κ1) is 22.7. The highest BCUT2D eigenvalue weighted by Gasteiger charge is 2.33. The van der Waals surface area contributed by atoms with Crippen LogP contribution in [0.25, 0.3) is 22.6 Å². The lowest BCUT2D eigenvalue weighted by Crippen LogP contribution is -2.09. The lowest BCUT2D eigenvalue weighted by Gasteiger charge is -2.12. The molecule has 0 saturated carbocycles. The Hall–Kier alpha value is -3.47. The molecule has 0 radical (unpaired) electrons. The van der Waals surface area contributed by atoms with Gasteiger partial charge in [-0.3, -0.25) is 0 Å². The summed E-state index contributed by atoms with van der Waals surface area (Å²) in [5.41, 5.74) is 0.171. The SMILES string of the molecule is CCS(=O)(=O)c1cc(OCc2ccccc2)cnc1-c1nc2cc(C(F)(F)F)ncc2n1C. The van der Waals surface area contributed by atoms with Crippen LogP contribution in [0.5, 0.6) is 5.75 Å². The number of hydrogen-bond acceptors (Lipinski definition) is 6. The van der Waals surface area contributed by atoms with E-state index >= 15 is 0 Å². The number of sulfone groups is 1. The number of benzene rings is 1. The maximum atomic E-state index is 13.0. The number of halogens is 3. The van der Waals surface area contributed by atoms with Gasteiger partial charge in [-0.2, -0.15) is 13.2 Å². The average molecular weight is 476 g/mol. The minimum atomic E-state index is -4.63. The summed E-state index contributed by atoms with van der Waals surface area (Å²) in [6.07, 6.45) is -2.20. The van der Waals surface area contributed by atoms with E-state index in [4.69, 9.17) is 4.74 Å². The van der Waals surface area contributed by atoms with Crippen LogP contribution in [0.1, 0.15) is 18.2 Å². The molecular formula is C22H19F3N4O3S. The van der Waals surface area contributed by atoms with Gasteiger partial charge in [0.25, 0.3) is 0 Å². The van der Waals surface area contributed by atoms with Crippen molar-refractivity contribution in [2.24, 2.45) is 7.05 Å². The normalized spacial score (nSPS) is 12.3.